The number of nitrogens with zero attached hydrogens (tertiary/aromatic N) is 1. The van der Waals surface area contributed by atoms with E-state index in [0.717, 1.165) is 17.5 Å². The van der Waals surface area contributed by atoms with Crippen molar-refractivity contribution in [3.8, 4) is 11.1 Å². The molecule has 0 bridgehead atoms. The van der Waals surface area contributed by atoms with E-state index in [9.17, 15) is 9.59 Å². The summed E-state index contributed by atoms with van der Waals surface area (Å²) in [6.07, 6.45) is 1.00. The third-order valence-electron chi connectivity index (χ3n) is 4.33. The second kappa shape index (κ2) is 10.6. The minimum atomic E-state index is -0.713. The van der Waals surface area contributed by atoms with Crippen LogP contribution < -0.4 is 10.8 Å². The summed E-state index contributed by atoms with van der Waals surface area (Å²) >= 11 is 0. The molecule has 2 N–H and O–H groups in total. The van der Waals surface area contributed by atoms with Gasteiger partial charge in [0.1, 0.15) is 6.04 Å². The maximum absolute atomic E-state index is 12.6. The number of amides is 2. The summed E-state index contributed by atoms with van der Waals surface area (Å²) in [6.45, 7) is 4.62. The number of aryl methyl sites for hydroxylation is 1. The normalized spacial score (nSPS) is 11.9. The molecule has 0 radical (unpaired) electrons. The minimum Gasteiger partial charge on any atom is -0.339 e. The SMILES string of the molecule is CCONC(=O)[C@H](CN(C)C)NC(=O)c1ccc(-c2ccc(CC)cc2)cc1. The predicted molar refractivity (Wildman–Crippen MR) is 111 cm³/mol. The van der Waals surface area contributed by atoms with Crippen LogP contribution in [-0.4, -0.2) is 50.0 Å². The lowest BCUT2D eigenvalue weighted by Gasteiger charge is -2.21. The molecule has 2 aromatic rings. The van der Waals surface area contributed by atoms with E-state index in [4.69, 9.17) is 4.84 Å². The average molecular weight is 383 g/mol. The van der Waals surface area contributed by atoms with Gasteiger partial charge in [-0.2, -0.15) is 0 Å². The highest BCUT2D eigenvalue weighted by atomic mass is 16.6. The highest BCUT2D eigenvalue weighted by Gasteiger charge is 2.22. The molecule has 0 unspecified atom stereocenters. The maximum atomic E-state index is 12.6. The van der Waals surface area contributed by atoms with E-state index in [-0.39, 0.29) is 11.8 Å². The number of hydroxylamine groups is 1. The highest BCUT2D eigenvalue weighted by Crippen LogP contribution is 2.20. The highest BCUT2D eigenvalue weighted by molar-refractivity contribution is 5.97. The Morgan fingerprint density at radius 1 is 0.964 bits per heavy atom. The number of hydrogen-bond donors (Lipinski definition) is 2. The molecule has 2 rings (SSSR count). The van der Waals surface area contributed by atoms with Gasteiger partial charge in [-0.1, -0.05) is 43.3 Å². The Hall–Kier alpha value is -2.70. The van der Waals surface area contributed by atoms with E-state index in [1.54, 1.807) is 19.1 Å². The molecule has 0 aliphatic carbocycles. The van der Waals surface area contributed by atoms with Crippen molar-refractivity contribution < 1.29 is 14.4 Å². The fourth-order valence-corrected chi connectivity index (χ4v) is 2.76. The Labute approximate surface area is 166 Å². The quantitative estimate of drug-likeness (QED) is 0.653. The summed E-state index contributed by atoms with van der Waals surface area (Å²) in [4.78, 5) is 31.6. The van der Waals surface area contributed by atoms with Crippen LogP contribution in [0.25, 0.3) is 11.1 Å². The average Bonchev–Trinajstić information content (AvgIpc) is 2.71. The number of nitrogens with one attached hydrogen (secondary N) is 2. The summed E-state index contributed by atoms with van der Waals surface area (Å²) in [5.41, 5.74) is 6.29. The zero-order chi connectivity index (χ0) is 20.5. The van der Waals surface area contributed by atoms with E-state index in [1.165, 1.54) is 5.56 Å². The van der Waals surface area contributed by atoms with Crippen LogP contribution in [0.15, 0.2) is 48.5 Å². The van der Waals surface area contributed by atoms with Crippen LogP contribution in [0.1, 0.15) is 29.8 Å². The van der Waals surface area contributed by atoms with Gasteiger partial charge in [-0.05, 0) is 56.3 Å². The Kier molecular flexibility index (Phi) is 8.17. The molecule has 6 heteroatoms. The van der Waals surface area contributed by atoms with Crippen molar-refractivity contribution >= 4 is 11.8 Å². The monoisotopic (exact) mass is 383 g/mol. The van der Waals surface area contributed by atoms with Gasteiger partial charge in [0.15, 0.2) is 0 Å². The van der Waals surface area contributed by atoms with Crippen molar-refractivity contribution in [1.29, 1.82) is 0 Å². The molecule has 0 heterocycles. The topological polar surface area (TPSA) is 70.7 Å². The van der Waals surface area contributed by atoms with Gasteiger partial charge in [-0.25, -0.2) is 5.48 Å². The first kappa shape index (κ1) is 21.6. The van der Waals surface area contributed by atoms with Gasteiger partial charge in [-0.15, -0.1) is 0 Å². The second-order valence-electron chi connectivity index (χ2n) is 6.82. The van der Waals surface area contributed by atoms with Crippen molar-refractivity contribution in [3.05, 3.63) is 59.7 Å². The van der Waals surface area contributed by atoms with Gasteiger partial charge in [0.05, 0.1) is 6.61 Å². The van der Waals surface area contributed by atoms with Crippen LogP contribution >= 0.6 is 0 Å². The molecule has 2 amide bonds. The van der Waals surface area contributed by atoms with Crippen LogP contribution in [0.2, 0.25) is 0 Å². The van der Waals surface area contributed by atoms with Crippen LogP contribution in [0.3, 0.4) is 0 Å². The fraction of sp³-hybridized carbons (Fsp3) is 0.364. The van der Waals surface area contributed by atoms with E-state index >= 15 is 0 Å². The van der Waals surface area contributed by atoms with Crippen molar-refractivity contribution in [1.82, 2.24) is 15.7 Å². The lowest BCUT2D eigenvalue weighted by Crippen LogP contribution is -2.51. The van der Waals surface area contributed by atoms with Crippen LogP contribution in [0.5, 0.6) is 0 Å². The zero-order valence-corrected chi connectivity index (χ0v) is 17.0. The Morgan fingerprint density at radius 2 is 1.54 bits per heavy atom. The number of hydrogen-bond acceptors (Lipinski definition) is 4. The third-order valence-corrected chi connectivity index (χ3v) is 4.33. The Balaban J connectivity index is 2.07. The first-order chi connectivity index (χ1) is 13.4. The van der Waals surface area contributed by atoms with Crippen LogP contribution in [-0.2, 0) is 16.1 Å². The van der Waals surface area contributed by atoms with Gasteiger partial charge in [0, 0.05) is 12.1 Å². The van der Waals surface area contributed by atoms with Gasteiger partial charge >= 0.3 is 0 Å². The molecule has 2 aromatic carbocycles. The molecule has 150 valence electrons. The predicted octanol–water partition coefficient (Wildman–Crippen LogP) is 2.64. The van der Waals surface area contributed by atoms with E-state index in [0.29, 0.717) is 18.7 Å². The van der Waals surface area contributed by atoms with E-state index in [2.05, 4.69) is 42.0 Å². The van der Waals surface area contributed by atoms with Gasteiger partial charge < -0.3 is 10.2 Å². The lowest BCUT2D eigenvalue weighted by atomic mass is 10.0. The van der Waals surface area contributed by atoms with Crippen LogP contribution in [0.4, 0.5) is 0 Å². The molecule has 0 spiro atoms. The molecule has 0 aliphatic rings. The fourth-order valence-electron chi connectivity index (χ4n) is 2.76. The Morgan fingerprint density at radius 3 is 2.04 bits per heavy atom. The maximum Gasteiger partial charge on any atom is 0.267 e. The standard InChI is InChI=1S/C22H29N3O3/c1-5-16-7-9-17(10-8-16)18-11-13-19(14-12-18)21(26)23-20(15-25(3)4)22(27)24-28-6-2/h7-14,20H,5-6,15H2,1-4H3,(H,23,26)(H,24,27)/t20-/m0/s1. The van der Waals surface area contributed by atoms with Crippen LogP contribution in [0, 0.1) is 0 Å². The molecule has 0 fully saturated rings. The van der Waals surface area contributed by atoms with Crippen molar-refractivity contribution in [2.45, 2.75) is 26.3 Å². The summed E-state index contributed by atoms with van der Waals surface area (Å²) in [6, 6.07) is 15.0. The molecule has 0 saturated carbocycles. The molecule has 6 nitrogen and oxygen atoms in total. The number of benzene rings is 2. The molecular weight excluding hydrogens is 354 g/mol. The van der Waals surface area contributed by atoms with Gasteiger partial charge in [0.25, 0.3) is 11.8 Å². The lowest BCUT2D eigenvalue weighted by molar-refractivity contribution is -0.135. The van der Waals surface area contributed by atoms with Crippen molar-refractivity contribution in [3.63, 3.8) is 0 Å². The molecule has 0 saturated heterocycles. The number of rotatable bonds is 9. The molecular formula is C22H29N3O3. The van der Waals surface area contributed by atoms with Crippen molar-refractivity contribution in [2.24, 2.45) is 0 Å². The van der Waals surface area contributed by atoms with E-state index < -0.39 is 6.04 Å². The molecule has 1 atom stereocenters. The number of carbonyl (C=O) groups excluding carboxylic acids is 2. The molecule has 0 aliphatic heterocycles. The zero-order valence-electron chi connectivity index (χ0n) is 17.0. The third kappa shape index (κ3) is 6.18. The summed E-state index contributed by atoms with van der Waals surface area (Å²) in [5.74, 6) is -0.678. The van der Waals surface area contributed by atoms with E-state index in [1.807, 2.05) is 31.1 Å². The summed E-state index contributed by atoms with van der Waals surface area (Å²) in [5, 5.41) is 2.77. The van der Waals surface area contributed by atoms with Gasteiger partial charge in [0.2, 0.25) is 0 Å². The summed E-state index contributed by atoms with van der Waals surface area (Å²) < 4.78 is 0. The van der Waals surface area contributed by atoms with Crippen molar-refractivity contribution in [2.75, 3.05) is 27.2 Å². The smallest absolute Gasteiger partial charge is 0.267 e. The summed E-state index contributed by atoms with van der Waals surface area (Å²) in [7, 11) is 3.68. The number of likely N-dealkylation sites (N-methyl/N-ethyl adjacent to an activating group) is 1. The molecule has 28 heavy (non-hydrogen) atoms. The van der Waals surface area contributed by atoms with Gasteiger partial charge in [-0.3, -0.25) is 14.4 Å². The first-order valence-electron chi connectivity index (χ1n) is 9.51. The number of carbonyl (C=O) groups is 2. The first-order valence-corrected chi connectivity index (χ1v) is 9.51. The second-order valence-corrected chi connectivity index (χ2v) is 6.82. The minimum absolute atomic E-state index is 0.300. The largest absolute Gasteiger partial charge is 0.339 e. The molecule has 0 aromatic heterocycles. The Bertz CT molecular complexity index is 771.